The minimum absolute atomic E-state index is 0.108. The number of imide groups is 1. The Morgan fingerprint density at radius 1 is 1.47 bits per heavy atom. The zero-order valence-corrected chi connectivity index (χ0v) is 8.30. The van der Waals surface area contributed by atoms with Crippen LogP contribution < -0.4 is 5.32 Å². The van der Waals surface area contributed by atoms with E-state index in [1.807, 2.05) is 25.1 Å². The quantitative estimate of drug-likeness (QED) is 0.723. The summed E-state index contributed by atoms with van der Waals surface area (Å²) in [7, 11) is 0. The maximum atomic E-state index is 11.4. The Bertz CT molecular complexity index is 391. The first-order chi connectivity index (χ1) is 7.18. The molecule has 1 aliphatic heterocycles. The molecule has 5 nitrogen and oxygen atoms in total. The van der Waals surface area contributed by atoms with Gasteiger partial charge in [-0.1, -0.05) is 6.07 Å². The molecule has 1 saturated heterocycles. The summed E-state index contributed by atoms with van der Waals surface area (Å²) in [5.41, 5.74) is 0.780. The number of urea groups is 1. The van der Waals surface area contributed by atoms with Crippen LogP contribution in [0.3, 0.4) is 0 Å². The summed E-state index contributed by atoms with van der Waals surface area (Å²) in [5.74, 6) is -0.261. The summed E-state index contributed by atoms with van der Waals surface area (Å²) in [5, 5.41) is 2.24. The largest absolute Gasteiger partial charge is 0.325 e. The standard InChI is InChI=1S/C10H11N3O2/c1-7(8-4-2-3-5-11-8)13-6-9(14)12-10(13)15/h2-5,7H,6H2,1H3,(H,12,14,15). The van der Waals surface area contributed by atoms with E-state index in [-0.39, 0.29) is 24.5 Å². The Morgan fingerprint density at radius 3 is 2.80 bits per heavy atom. The molecule has 2 rings (SSSR count). The number of carbonyl (C=O) groups is 2. The van der Waals surface area contributed by atoms with Crippen molar-refractivity contribution in [2.75, 3.05) is 6.54 Å². The molecule has 1 aliphatic rings. The van der Waals surface area contributed by atoms with Gasteiger partial charge >= 0.3 is 6.03 Å². The van der Waals surface area contributed by atoms with Crippen molar-refractivity contribution in [2.24, 2.45) is 0 Å². The Labute approximate surface area is 87.1 Å². The van der Waals surface area contributed by atoms with Crippen molar-refractivity contribution in [1.29, 1.82) is 0 Å². The lowest BCUT2D eigenvalue weighted by molar-refractivity contribution is -0.118. The number of hydrogen-bond donors (Lipinski definition) is 1. The van der Waals surface area contributed by atoms with Gasteiger partial charge in [-0.25, -0.2) is 4.79 Å². The Balaban J connectivity index is 2.18. The number of nitrogens with zero attached hydrogens (tertiary/aromatic N) is 2. The monoisotopic (exact) mass is 205 g/mol. The van der Waals surface area contributed by atoms with E-state index in [0.29, 0.717) is 0 Å². The minimum Gasteiger partial charge on any atom is -0.307 e. The fourth-order valence-electron chi connectivity index (χ4n) is 1.55. The minimum atomic E-state index is -0.349. The molecule has 1 fully saturated rings. The lowest BCUT2D eigenvalue weighted by atomic mass is 10.2. The molecule has 0 aromatic carbocycles. The summed E-state index contributed by atoms with van der Waals surface area (Å²) in [6, 6.07) is 4.97. The summed E-state index contributed by atoms with van der Waals surface area (Å²) >= 11 is 0. The molecule has 3 amide bonds. The van der Waals surface area contributed by atoms with Gasteiger partial charge in [0.2, 0.25) is 5.91 Å². The maximum Gasteiger partial charge on any atom is 0.325 e. The molecule has 5 heteroatoms. The highest BCUT2D eigenvalue weighted by Crippen LogP contribution is 2.19. The van der Waals surface area contributed by atoms with Crippen LogP contribution in [0.25, 0.3) is 0 Å². The van der Waals surface area contributed by atoms with Crippen LogP contribution in [-0.4, -0.2) is 28.4 Å². The van der Waals surface area contributed by atoms with Gasteiger partial charge in [0.1, 0.15) is 6.54 Å². The van der Waals surface area contributed by atoms with Gasteiger partial charge < -0.3 is 4.90 Å². The van der Waals surface area contributed by atoms with Crippen molar-refractivity contribution >= 4 is 11.9 Å². The SMILES string of the molecule is CC(c1ccccn1)N1CC(=O)NC1=O. The zero-order valence-electron chi connectivity index (χ0n) is 8.30. The van der Waals surface area contributed by atoms with Gasteiger partial charge in [-0.2, -0.15) is 0 Å². The molecule has 1 unspecified atom stereocenters. The van der Waals surface area contributed by atoms with Crippen molar-refractivity contribution < 1.29 is 9.59 Å². The number of nitrogens with one attached hydrogen (secondary N) is 1. The number of rotatable bonds is 2. The van der Waals surface area contributed by atoms with Gasteiger partial charge in [0.15, 0.2) is 0 Å². The van der Waals surface area contributed by atoms with Crippen molar-refractivity contribution in [3.8, 4) is 0 Å². The predicted octanol–water partition coefficient (Wildman–Crippen LogP) is 0.694. The highest BCUT2D eigenvalue weighted by Gasteiger charge is 2.31. The molecule has 0 saturated carbocycles. The third kappa shape index (κ3) is 1.81. The number of aromatic nitrogens is 1. The van der Waals surface area contributed by atoms with E-state index in [0.717, 1.165) is 5.69 Å². The van der Waals surface area contributed by atoms with Crippen LogP contribution in [0.2, 0.25) is 0 Å². The second kappa shape index (κ2) is 3.68. The second-order valence-corrected chi connectivity index (χ2v) is 3.41. The fraction of sp³-hybridized carbons (Fsp3) is 0.300. The Morgan fingerprint density at radius 2 is 2.27 bits per heavy atom. The van der Waals surface area contributed by atoms with E-state index in [1.165, 1.54) is 4.90 Å². The molecule has 0 aliphatic carbocycles. The van der Waals surface area contributed by atoms with Crippen molar-refractivity contribution in [3.05, 3.63) is 30.1 Å². The highest BCUT2D eigenvalue weighted by atomic mass is 16.2. The van der Waals surface area contributed by atoms with Crippen LogP contribution in [0.4, 0.5) is 4.79 Å². The van der Waals surface area contributed by atoms with Gasteiger partial charge in [-0.05, 0) is 19.1 Å². The van der Waals surface area contributed by atoms with Gasteiger partial charge in [-0.3, -0.25) is 15.1 Å². The third-order valence-corrected chi connectivity index (χ3v) is 2.40. The highest BCUT2D eigenvalue weighted by molar-refractivity contribution is 6.02. The molecule has 0 radical (unpaired) electrons. The zero-order chi connectivity index (χ0) is 10.8. The summed E-state index contributed by atoms with van der Waals surface area (Å²) in [4.78, 5) is 28.0. The lowest BCUT2D eigenvalue weighted by Gasteiger charge is -2.21. The average Bonchev–Trinajstić information content (AvgIpc) is 2.58. The number of carbonyl (C=O) groups excluding carboxylic acids is 2. The normalized spacial score (nSPS) is 17.8. The fourth-order valence-corrected chi connectivity index (χ4v) is 1.55. The van der Waals surface area contributed by atoms with E-state index in [2.05, 4.69) is 10.3 Å². The van der Waals surface area contributed by atoms with Crippen LogP contribution in [0.15, 0.2) is 24.4 Å². The van der Waals surface area contributed by atoms with Crippen molar-refractivity contribution in [1.82, 2.24) is 15.2 Å². The topological polar surface area (TPSA) is 62.3 Å². The van der Waals surface area contributed by atoms with E-state index >= 15 is 0 Å². The molecular formula is C10H11N3O2. The molecule has 2 heterocycles. The van der Waals surface area contributed by atoms with Crippen LogP contribution in [-0.2, 0) is 4.79 Å². The number of hydrogen-bond acceptors (Lipinski definition) is 3. The smallest absolute Gasteiger partial charge is 0.307 e. The van der Waals surface area contributed by atoms with Crippen LogP contribution >= 0.6 is 0 Å². The number of amides is 3. The summed E-state index contributed by atoms with van der Waals surface area (Å²) in [6.07, 6.45) is 1.67. The van der Waals surface area contributed by atoms with Gasteiger partial charge in [0.25, 0.3) is 0 Å². The van der Waals surface area contributed by atoms with Crippen LogP contribution in [0.1, 0.15) is 18.7 Å². The van der Waals surface area contributed by atoms with Gasteiger partial charge in [0.05, 0.1) is 11.7 Å². The van der Waals surface area contributed by atoms with E-state index in [4.69, 9.17) is 0 Å². The molecule has 1 N–H and O–H groups in total. The van der Waals surface area contributed by atoms with E-state index < -0.39 is 0 Å². The van der Waals surface area contributed by atoms with Crippen molar-refractivity contribution in [2.45, 2.75) is 13.0 Å². The lowest BCUT2D eigenvalue weighted by Crippen LogP contribution is -2.31. The van der Waals surface area contributed by atoms with Crippen LogP contribution in [0, 0.1) is 0 Å². The Hall–Kier alpha value is -1.91. The van der Waals surface area contributed by atoms with Crippen molar-refractivity contribution in [3.63, 3.8) is 0 Å². The van der Waals surface area contributed by atoms with Gasteiger partial charge in [-0.15, -0.1) is 0 Å². The van der Waals surface area contributed by atoms with E-state index in [1.54, 1.807) is 6.20 Å². The maximum absolute atomic E-state index is 11.4. The average molecular weight is 205 g/mol. The predicted molar refractivity (Wildman–Crippen MR) is 52.9 cm³/mol. The summed E-state index contributed by atoms with van der Waals surface area (Å²) < 4.78 is 0. The van der Waals surface area contributed by atoms with Crippen LogP contribution in [0.5, 0.6) is 0 Å². The van der Waals surface area contributed by atoms with E-state index in [9.17, 15) is 9.59 Å². The molecule has 1 aromatic heterocycles. The first-order valence-corrected chi connectivity index (χ1v) is 4.70. The molecular weight excluding hydrogens is 194 g/mol. The first kappa shape index (κ1) is 9.64. The molecule has 78 valence electrons. The second-order valence-electron chi connectivity index (χ2n) is 3.41. The molecule has 1 atom stereocenters. The Kier molecular flexibility index (Phi) is 2.37. The molecule has 0 bridgehead atoms. The number of pyridine rings is 1. The first-order valence-electron chi connectivity index (χ1n) is 4.70. The molecule has 15 heavy (non-hydrogen) atoms. The van der Waals surface area contributed by atoms with Gasteiger partial charge in [0, 0.05) is 6.20 Å². The molecule has 1 aromatic rings. The summed E-state index contributed by atoms with van der Waals surface area (Å²) in [6.45, 7) is 1.96. The third-order valence-electron chi connectivity index (χ3n) is 2.40. The molecule has 0 spiro atoms.